The highest BCUT2D eigenvalue weighted by atomic mass is 19.3. The molecule has 0 saturated heterocycles. The van der Waals surface area contributed by atoms with Crippen LogP contribution in [-0.4, -0.2) is 18.2 Å². The number of rotatable bonds is 4. The second-order valence-electron chi connectivity index (χ2n) is 3.31. The average Bonchev–Trinajstić information content (AvgIpc) is 2.25. The van der Waals surface area contributed by atoms with Crippen molar-refractivity contribution in [3.8, 4) is 5.75 Å². The van der Waals surface area contributed by atoms with Gasteiger partial charge in [0.1, 0.15) is 5.75 Å². The molecule has 88 valence electrons. The van der Waals surface area contributed by atoms with Gasteiger partial charge in [-0.05, 0) is 30.2 Å². The highest BCUT2D eigenvalue weighted by Crippen LogP contribution is 2.25. The number of halogens is 2. The quantitative estimate of drug-likeness (QED) is 0.808. The number of phenolic OH excluding ortho intramolecular Hbond substituents is 1. The van der Waals surface area contributed by atoms with Crippen LogP contribution in [0, 0.1) is 0 Å². The van der Waals surface area contributed by atoms with Gasteiger partial charge in [-0.3, -0.25) is 4.79 Å². The van der Waals surface area contributed by atoms with Gasteiger partial charge in [0.25, 0.3) is 6.43 Å². The average molecular weight is 230 g/mol. The zero-order chi connectivity index (χ0) is 12.1. The number of hydrogen-bond acceptors (Lipinski definition) is 3. The number of benzene rings is 1. The maximum Gasteiger partial charge on any atom is 0.305 e. The molecule has 1 aromatic carbocycles. The molecule has 0 unspecified atom stereocenters. The fraction of sp³-hybridized carbons (Fsp3) is 0.364. The minimum absolute atomic E-state index is 0.0998. The monoisotopic (exact) mass is 230 g/mol. The molecule has 0 amide bonds. The third-order valence-corrected chi connectivity index (χ3v) is 2.10. The van der Waals surface area contributed by atoms with E-state index in [0.29, 0.717) is 5.56 Å². The van der Waals surface area contributed by atoms with Crippen LogP contribution in [0.1, 0.15) is 24.0 Å². The Labute approximate surface area is 91.7 Å². The summed E-state index contributed by atoms with van der Waals surface area (Å²) in [6.07, 6.45) is -2.27. The van der Waals surface area contributed by atoms with Crippen molar-refractivity contribution >= 4 is 5.97 Å². The van der Waals surface area contributed by atoms with Crippen LogP contribution in [0.15, 0.2) is 18.2 Å². The van der Waals surface area contributed by atoms with Crippen molar-refractivity contribution in [2.75, 3.05) is 7.11 Å². The van der Waals surface area contributed by atoms with E-state index in [2.05, 4.69) is 4.74 Å². The Morgan fingerprint density at radius 3 is 2.69 bits per heavy atom. The fourth-order valence-electron chi connectivity index (χ4n) is 1.32. The first kappa shape index (κ1) is 12.4. The standard InChI is InChI=1S/C11H12F2O3/c1-16-10(15)3-2-7-4-8(11(12)13)6-9(14)5-7/h4-6,11,14H,2-3H2,1H3. The minimum Gasteiger partial charge on any atom is -0.508 e. The molecule has 0 aromatic heterocycles. The Morgan fingerprint density at radius 2 is 2.12 bits per heavy atom. The maximum atomic E-state index is 12.4. The Bertz CT molecular complexity index is 377. The lowest BCUT2D eigenvalue weighted by atomic mass is 10.1. The first-order valence-electron chi connectivity index (χ1n) is 4.70. The van der Waals surface area contributed by atoms with Crippen molar-refractivity contribution in [3.05, 3.63) is 29.3 Å². The second-order valence-corrected chi connectivity index (χ2v) is 3.31. The Morgan fingerprint density at radius 1 is 1.44 bits per heavy atom. The summed E-state index contributed by atoms with van der Waals surface area (Å²) in [5.41, 5.74) is 0.237. The zero-order valence-electron chi connectivity index (χ0n) is 8.74. The minimum atomic E-state index is -2.64. The molecule has 0 aliphatic carbocycles. The van der Waals surface area contributed by atoms with Gasteiger partial charge < -0.3 is 9.84 Å². The third-order valence-electron chi connectivity index (χ3n) is 2.10. The fourth-order valence-corrected chi connectivity index (χ4v) is 1.32. The highest BCUT2D eigenvalue weighted by molar-refractivity contribution is 5.69. The topological polar surface area (TPSA) is 46.5 Å². The molecule has 1 rings (SSSR count). The lowest BCUT2D eigenvalue weighted by Crippen LogP contribution is -2.02. The van der Waals surface area contributed by atoms with E-state index in [1.165, 1.54) is 19.2 Å². The van der Waals surface area contributed by atoms with Crippen LogP contribution in [-0.2, 0) is 16.0 Å². The summed E-state index contributed by atoms with van der Waals surface area (Å²) >= 11 is 0. The van der Waals surface area contributed by atoms with Gasteiger partial charge in [-0.15, -0.1) is 0 Å². The zero-order valence-corrected chi connectivity index (χ0v) is 8.74. The summed E-state index contributed by atoms with van der Waals surface area (Å²) in [6, 6.07) is 3.63. The third kappa shape index (κ3) is 3.49. The first-order valence-corrected chi connectivity index (χ1v) is 4.70. The summed E-state index contributed by atoms with van der Waals surface area (Å²) in [5.74, 6) is -0.639. The van der Waals surface area contributed by atoms with E-state index in [1.807, 2.05) is 0 Å². The van der Waals surface area contributed by atoms with Gasteiger partial charge in [-0.2, -0.15) is 0 Å². The van der Waals surface area contributed by atoms with Gasteiger partial charge in [-0.25, -0.2) is 8.78 Å². The van der Waals surface area contributed by atoms with Crippen LogP contribution in [0.2, 0.25) is 0 Å². The number of alkyl halides is 2. The van der Waals surface area contributed by atoms with Crippen LogP contribution in [0.5, 0.6) is 5.75 Å². The molecule has 0 heterocycles. The number of carbonyl (C=O) groups excluding carboxylic acids is 1. The van der Waals surface area contributed by atoms with Gasteiger partial charge in [0.05, 0.1) is 7.11 Å². The smallest absolute Gasteiger partial charge is 0.305 e. The Hall–Kier alpha value is -1.65. The molecule has 0 atom stereocenters. The number of hydrogen-bond donors (Lipinski definition) is 1. The lowest BCUT2D eigenvalue weighted by molar-refractivity contribution is -0.140. The summed E-state index contributed by atoms with van der Waals surface area (Å²) in [7, 11) is 1.26. The molecule has 3 nitrogen and oxygen atoms in total. The first-order chi connectivity index (χ1) is 7.52. The van der Waals surface area contributed by atoms with Crippen molar-refractivity contribution < 1.29 is 23.4 Å². The van der Waals surface area contributed by atoms with E-state index in [1.54, 1.807) is 0 Å². The largest absolute Gasteiger partial charge is 0.508 e. The number of carbonyl (C=O) groups is 1. The molecule has 0 bridgehead atoms. The molecule has 0 saturated carbocycles. The summed E-state index contributed by atoms with van der Waals surface area (Å²) in [5, 5.41) is 9.22. The lowest BCUT2D eigenvalue weighted by Gasteiger charge is -2.05. The van der Waals surface area contributed by atoms with E-state index in [-0.39, 0.29) is 24.2 Å². The van der Waals surface area contributed by atoms with Gasteiger partial charge >= 0.3 is 5.97 Å². The van der Waals surface area contributed by atoms with Crippen molar-refractivity contribution in [2.24, 2.45) is 0 Å². The van der Waals surface area contributed by atoms with E-state index in [9.17, 15) is 18.7 Å². The van der Waals surface area contributed by atoms with Crippen LogP contribution >= 0.6 is 0 Å². The molecular formula is C11H12F2O3. The number of phenols is 1. The van der Waals surface area contributed by atoms with Crippen molar-refractivity contribution in [2.45, 2.75) is 19.3 Å². The number of ether oxygens (including phenoxy) is 1. The number of methoxy groups -OCH3 is 1. The number of aryl methyl sites for hydroxylation is 1. The molecular weight excluding hydrogens is 218 g/mol. The summed E-state index contributed by atoms with van der Waals surface area (Å²) in [4.78, 5) is 10.9. The molecule has 0 aliphatic rings. The van der Waals surface area contributed by atoms with Crippen LogP contribution in [0.4, 0.5) is 8.78 Å². The molecule has 16 heavy (non-hydrogen) atoms. The van der Waals surface area contributed by atoms with Gasteiger partial charge in [0.2, 0.25) is 0 Å². The molecule has 0 aliphatic heterocycles. The number of aromatic hydroxyl groups is 1. The molecule has 5 heteroatoms. The van der Waals surface area contributed by atoms with Crippen LogP contribution in [0.25, 0.3) is 0 Å². The van der Waals surface area contributed by atoms with E-state index in [4.69, 9.17) is 0 Å². The predicted molar refractivity (Wildman–Crippen MR) is 53.4 cm³/mol. The second kappa shape index (κ2) is 5.44. The van der Waals surface area contributed by atoms with E-state index in [0.717, 1.165) is 6.07 Å². The SMILES string of the molecule is COC(=O)CCc1cc(O)cc(C(F)F)c1. The predicted octanol–water partition coefficient (Wildman–Crippen LogP) is 2.44. The van der Waals surface area contributed by atoms with Gasteiger partial charge in [-0.1, -0.05) is 0 Å². The maximum absolute atomic E-state index is 12.4. The Kier molecular flexibility index (Phi) is 4.22. The van der Waals surface area contributed by atoms with Crippen LogP contribution < -0.4 is 0 Å². The number of esters is 1. The van der Waals surface area contributed by atoms with E-state index >= 15 is 0 Å². The normalized spacial score (nSPS) is 10.5. The van der Waals surface area contributed by atoms with Gasteiger partial charge in [0.15, 0.2) is 0 Å². The van der Waals surface area contributed by atoms with Gasteiger partial charge in [0, 0.05) is 12.0 Å². The molecule has 1 aromatic rings. The molecule has 0 fully saturated rings. The summed E-state index contributed by atoms with van der Waals surface area (Å²) in [6.45, 7) is 0. The van der Waals surface area contributed by atoms with Crippen LogP contribution in [0.3, 0.4) is 0 Å². The van der Waals surface area contributed by atoms with Crippen molar-refractivity contribution in [3.63, 3.8) is 0 Å². The van der Waals surface area contributed by atoms with Crippen molar-refractivity contribution in [1.82, 2.24) is 0 Å². The highest BCUT2D eigenvalue weighted by Gasteiger charge is 2.10. The Balaban J connectivity index is 2.76. The van der Waals surface area contributed by atoms with Crippen molar-refractivity contribution in [1.29, 1.82) is 0 Å². The van der Waals surface area contributed by atoms with E-state index < -0.39 is 12.4 Å². The molecule has 0 radical (unpaired) electrons. The summed E-state index contributed by atoms with van der Waals surface area (Å²) < 4.78 is 29.2. The molecule has 0 spiro atoms. The molecule has 1 N–H and O–H groups in total.